The van der Waals surface area contributed by atoms with Crippen LogP contribution in [0.15, 0.2) is 36.5 Å². The lowest BCUT2D eigenvalue weighted by atomic mass is 10.0. The quantitative estimate of drug-likeness (QED) is 0.785. The zero-order chi connectivity index (χ0) is 19.8. The summed E-state index contributed by atoms with van der Waals surface area (Å²) in [6.07, 6.45) is 2.10. The molecule has 2 N–H and O–H groups in total. The Balaban J connectivity index is 1.51. The van der Waals surface area contributed by atoms with Crippen molar-refractivity contribution in [2.45, 2.75) is 32.4 Å². The second-order valence-electron chi connectivity index (χ2n) is 6.91. The molecule has 3 heterocycles. The minimum absolute atomic E-state index is 0.211. The van der Waals surface area contributed by atoms with Crippen molar-refractivity contribution in [2.75, 3.05) is 5.32 Å². The molecule has 0 saturated carbocycles. The number of aromatic nitrogens is 1. The highest BCUT2D eigenvalue weighted by Crippen LogP contribution is 2.29. The molecular weight excluding hydrogens is 360 g/mol. The summed E-state index contributed by atoms with van der Waals surface area (Å²) < 4.78 is 0. The Labute approximate surface area is 160 Å². The zero-order valence-electron chi connectivity index (χ0n) is 15.2. The third kappa shape index (κ3) is 3.24. The van der Waals surface area contributed by atoms with Gasteiger partial charge in [-0.1, -0.05) is 0 Å². The van der Waals surface area contributed by atoms with Crippen LogP contribution in [0.4, 0.5) is 5.69 Å². The highest BCUT2D eigenvalue weighted by Gasteiger charge is 2.39. The summed E-state index contributed by atoms with van der Waals surface area (Å²) in [7, 11) is 0. The summed E-state index contributed by atoms with van der Waals surface area (Å²) >= 11 is 0. The molecule has 2 aromatic rings. The van der Waals surface area contributed by atoms with Gasteiger partial charge in [0.1, 0.15) is 6.04 Å². The van der Waals surface area contributed by atoms with Gasteiger partial charge in [0.2, 0.25) is 11.8 Å². The summed E-state index contributed by atoms with van der Waals surface area (Å²) in [5, 5.41) is 5.10. The molecule has 1 saturated heterocycles. The predicted molar refractivity (Wildman–Crippen MR) is 99.4 cm³/mol. The number of imide groups is 1. The van der Waals surface area contributed by atoms with Crippen LogP contribution in [-0.2, 0) is 16.1 Å². The van der Waals surface area contributed by atoms with Crippen LogP contribution in [0.2, 0.25) is 0 Å². The molecule has 1 atom stereocenters. The van der Waals surface area contributed by atoms with Crippen molar-refractivity contribution in [3.05, 3.63) is 58.9 Å². The molecule has 8 nitrogen and oxygen atoms in total. The van der Waals surface area contributed by atoms with Crippen LogP contribution in [0.1, 0.15) is 44.8 Å². The molecule has 1 aromatic carbocycles. The van der Waals surface area contributed by atoms with E-state index >= 15 is 0 Å². The summed E-state index contributed by atoms with van der Waals surface area (Å²) in [5.74, 6) is -1.27. The summed E-state index contributed by atoms with van der Waals surface area (Å²) in [4.78, 5) is 54.1. The highest BCUT2D eigenvalue weighted by molar-refractivity contribution is 6.07. The van der Waals surface area contributed by atoms with Gasteiger partial charge < -0.3 is 10.2 Å². The van der Waals surface area contributed by atoms with Crippen LogP contribution in [0.5, 0.6) is 0 Å². The fourth-order valence-corrected chi connectivity index (χ4v) is 3.54. The number of rotatable bonds is 3. The Hall–Kier alpha value is -3.55. The minimum atomic E-state index is -0.657. The Morgan fingerprint density at radius 2 is 2.04 bits per heavy atom. The van der Waals surface area contributed by atoms with Crippen molar-refractivity contribution >= 4 is 29.3 Å². The number of nitrogens with zero attached hydrogens (tertiary/aromatic N) is 2. The topological polar surface area (TPSA) is 108 Å². The van der Waals surface area contributed by atoms with E-state index in [0.717, 1.165) is 11.3 Å². The number of aryl methyl sites for hydroxylation is 1. The van der Waals surface area contributed by atoms with Crippen LogP contribution >= 0.6 is 0 Å². The summed E-state index contributed by atoms with van der Waals surface area (Å²) in [6, 6.07) is 7.72. The SMILES string of the molecule is Cc1cc(C(=O)Nc2ccc3c(c2)CN(C2CCC(=O)NC2=O)C3=O)ccn1. The molecule has 2 aliphatic rings. The van der Waals surface area contributed by atoms with E-state index in [-0.39, 0.29) is 30.7 Å². The van der Waals surface area contributed by atoms with E-state index in [1.54, 1.807) is 43.5 Å². The van der Waals surface area contributed by atoms with Gasteiger partial charge in [0, 0.05) is 41.7 Å². The van der Waals surface area contributed by atoms with Crippen molar-refractivity contribution in [1.29, 1.82) is 0 Å². The Morgan fingerprint density at radius 3 is 2.79 bits per heavy atom. The first-order valence-corrected chi connectivity index (χ1v) is 8.94. The number of nitrogens with one attached hydrogen (secondary N) is 2. The number of hydrogen-bond donors (Lipinski definition) is 2. The number of amides is 4. The molecule has 4 rings (SSSR count). The smallest absolute Gasteiger partial charge is 0.255 e. The number of carbonyl (C=O) groups excluding carboxylic acids is 4. The lowest BCUT2D eigenvalue weighted by Gasteiger charge is -2.29. The first-order chi connectivity index (χ1) is 13.4. The number of carbonyl (C=O) groups is 4. The van der Waals surface area contributed by atoms with E-state index in [0.29, 0.717) is 23.2 Å². The van der Waals surface area contributed by atoms with Crippen LogP contribution in [0, 0.1) is 6.92 Å². The van der Waals surface area contributed by atoms with Crippen LogP contribution in [0.25, 0.3) is 0 Å². The van der Waals surface area contributed by atoms with E-state index in [1.165, 1.54) is 4.90 Å². The molecular formula is C20H18N4O4. The standard InChI is InChI=1S/C20H18N4O4/c1-11-8-12(6-7-21-11)18(26)22-14-2-3-15-13(9-14)10-24(20(15)28)16-4-5-17(25)23-19(16)27/h2-3,6-9,16H,4-5,10H2,1H3,(H,22,26)(H,23,25,27). The first kappa shape index (κ1) is 17.8. The number of pyridine rings is 1. The Morgan fingerprint density at radius 1 is 1.21 bits per heavy atom. The number of fused-ring (bicyclic) bond motifs is 1. The van der Waals surface area contributed by atoms with Crippen molar-refractivity contribution in [3.8, 4) is 0 Å². The number of anilines is 1. The fourth-order valence-electron chi connectivity index (χ4n) is 3.54. The second-order valence-corrected chi connectivity index (χ2v) is 6.91. The predicted octanol–water partition coefficient (Wildman–Crippen LogP) is 1.40. The number of benzene rings is 1. The molecule has 1 unspecified atom stereocenters. The third-order valence-corrected chi connectivity index (χ3v) is 4.94. The van der Waals surface area contributed by atoms with Gasteiger partial charge in [-0.25, -0.2) is 0 Å². The van der Waals surface area contributed by atoms with Gasteiger partial charge >= 0.3 is 0 Å². The molecule has 28 heavy (non-hydrogen) atoms. The fraction of sp³-hybridized carbons (Fsp3) is 0.250. The van der Waals surface area contributed by atoms with Gasteiger partial charge in [0.15, 0.2) is 0 Å². The van der Waals surface area contributed by atoms with E-state index in [4.69, 9.17) is 0 Å². The van der Waals surface area contributed by atoms with E-state index in [9.17, 15) is 19.2 Å². The van der Waals surface area contributed by atoms with Gasteiger partial charge in [0.25, 0.3) is 11.8 Å². The second kappa shape index (κ2) is 6.88. The molecule has 142 valence electrons. The Bertz CT molecular complexity index is 1020. The van der Waals surface area contributed by atoms with Crippen LogP contribution < -0.4 is 10.6 Å². The largest absolute Gasteiger partial charge is 0.322 e. The molecule has 0 aliphatic carbocycles. The molecule has 0 spiro atoms. The first-order valence-electron chi connectivity index (χ1n) is 8.94. The summed E-state index contributed by atoms with van der Waals surface area (Å²) in [5.41, 5.74) is 3.04. The van der Waals surface area contributed by atoms with Crippen molar-refractivity contribution in [1.82, 2.24) is 15.2 Å². The number of piperidine rings is 1. The van der Waals surface area contributed by atoms with Crippen molar-refractivity contribution < 1.29 is 19.2 Å². The normalized spacial score (nSPS) is 18.7. The van der Waals surface area contributed by atoms with Gasteiger partial charge in [-0.3, -0.25) is 29.5 Å². The highest BCUT2D eigenvalue weighted by atomic mass is 16.2. The van der Waals surface area contributed by atoms with Crippen LogP contribution in [0.3, 0.4) is 0 Å². The third-order valence-electron chi connectivity index (χ3n) is 4.94. The maximum absolute atomic E-state index is 12.7. The van der Waals surface area contributed by atoms with E-state index < -0.39 is 11.9 Å². The van der Waals surface area contributed by atoms with Gasteiger partial charge in [-0.15, -0.1) is 0 Å². The van der Waals surface area contributed by atoms with Gasteiger partial charge in [-0.05, 0) is 49.2 Å². The molecule has 1 aromatic heterocycles. The molecule has 0 radical (unpaired) electrons. The van der Waals surface area contributed by atoms with Gasteiger partial charge in [0.05, 0.1) is 0 Å². The average molecular weight is 378 g/mol. The average Bonchev–Trinajstić information content (AvgIpc) is 2.97. The van der Waals surface area contributed by atoms with Crippen molar-refractivity contribution in [2.24, 2.45) is 0 Å². The molecule has 2 aliphatic heterocycles. The maximum Gasteiger partial charge on any atom is 0.255 e. The Kier molecular flexibility index (Phi) is 4.38. The number of hydrogen-bond acceptors (Lipinski definition) is 5. The summed E-state index contributed by atoms with van der Waals surface area (Å²) in [6.45, 7) is 2.07. The van der Waals surface area contributed by atoms with Gasteiger partial charge in [-0.2, -0.15) is 0 Å². The van der Waals surface area contributed by atoms with Crippen molar-refractivity contribution in [3.63, 3.8) is 0 Å². The molecule has 1 fully saturated rings. The molecule has 4 amide bonds. The maximum atomic E-state index is 12.7. The van der Waals surface area contributed by atoms with E-state index in [1.807, 2.05) is 0 Å². The molecule has 8 heteroatoms. The lowest BCUT2D eigenvalue weighted by Crippen LogP contribution is -2.52. The minimum Gasteiger partial charge on any atom is -0.322 e. The monoisotopic (exact) mass is 378 g/mol. The van der Waals surface area contributed by atoms with E-state index in [2.05, 4.69) is 15.6 Å². The zero-order valence-corrected chi connectivity index (χ0v) is 15.2. The van der Waals surface area contributed by atoms with Crippen LogP contribution in [-0.4, -0.2) is 39.6 Å². The lowest BCUT2D eigenvalue weighted by molar-refractivity contribution is -0.136. The molecule has 0 bridgehead atoms.